The van der Waals surface area contributed by atoms with Crippen LogP contribution in [0.15, 0.2) is 10.1 Å². The molecule has 0 spiro atoms. The monoisotopic (exact) mass is 414 g/mol. The van der Waals surface area contributed by atoms with Gasteiger partial charge in [-0.15, -0.1) is 23.2 Å². The Morgan fingerprint density at radius 2 is 1.14 bits per heavy atom. The lowest BCUT2D eigenvalue weighted by atomic mass is 9.82. The summed E-state index contributed by atoms with van der Waals surface area (Å²) in [6.45, 7) is 0. The Morgan fingerprint density at radius 1 is 0.857 bits per heavy atom. The maximum absolute atomic E-state index is 12.1. The first-order valence-electron chi connectivity index (χ1n) is 5.50. The number of rotatable bonds is 2. The van der Waals surface area contributed by atoms with Crippen molar-refractivity contribution < 1.29 is 19.1 Å². The van der Waals surface area contributed by atoms with Crippen molar-refractivity contribution in [2.45, 2.75) is 14.1 Å². The van der Waals surface area contributed by atoms with E-state index < -0.39 is 37.9 Å². The normalized spacial score (nSPS) is 40.4. The lowest BCUT2D eigenvalue weighted by Crippen LogP contribution is -2.46. The fourth-order valence-corrected chi connectivity index (χ4v) is 5.75. The number of esters is 2. The van der Waals surface area contributed by atoms with Crippen molar-refractivity contribution in [3.05, 3.63) is 10.1 Å². The summed E-state index contributed by atoms with van der Waals surface area (Å²) in [6.07, 6.45) is 0. The molecule has 0 radical (unpaired) electrons. The Morgan fingerprint density at radius 3 is 1.38 bits per heavy atom. The van der Waals surface area contributed by atoms with Gasteiger partial charge in [-0.1, -0.05) is 46.4 Å². The van der Waals surface area contributed by atoms with Gasteiger partial charge in [0.15, 0.2) is 4.33 Å². The highest BCUT2D eigenvalue weighted by Gasteiger charge is 2.85. The van der Waals surface area contributed by atoms with Crippen molar-refractivity contribution in [2.75, 3.05) is 14.2 Å². The largest absolute Gasteiger partial charge is 0.469 e. The van der Waals surface area contributed by atoms with Crippen LogP contribution in [-0.2, 0) is 19.1 Å². The maximum atomic E-state index is 12.1. The molecule has 1 fully saturated rings. The second kappa shape index (κ2) is 5.22. The van der Waals surface area contributed by atoms with E-state index in [0.717, 1.165) is 14.2 Å². The minimum absolute atomic E-state index is 0.193. The van der Waals surface area contributed by atoms with Gasteiger partial charge in [0, 0.05) is 0 Å². The summed E-state index contributed by atoms with van der Waals surface area (Å²) in [4.78, 5) is 20.4. The predicted molar refractivity (Wildman–Crippen MR) is 81.3 cm³/mol. The van der Waals surface area contributed by atoms with Crippen molar-refractivity contribution in [3.63, 3.8) is 0 Å². The summed E-state index contributed by atoms with van der Waals surface area (Å²) >= 11 is 37.6. The number of hydrogen-bond donors (Lipinski definition) is 0. The minimum atomic E-state index is -2.02. The van der Waals surface area contributed by atoms with Gasteiger partial charge in [0.2, 0.25) is 0 Å². The van der Waals surface area contributed by atoms with Gasteiger partial charge < -0.3 is 9.47 Å². The van der Waals surface area contributed by atoms with E-state index in [9.17, 15) is 9.59 Å². The number of methoxy groups -OCH3 is 2. The van der Waals surface area contributed by atoms with E-state index in [4.69, 9.17) is 69.6 Å². The Hall–Kier alpha value is 0.420. The molecule has 4 nitrogen and oxygen atoms in total. The van der Waals surface area contributed by atoms with E-state index in [1.165, 1.54) is 0 Å². The van der Waals surface area contributed by atoms with E-state index in [1.54, 1.807) is 0 Å². The molecular formula is C11H8Cl6O4. The van der Waals surface area contributed by atoms with E-state index in [0.29, 0.717) is 0 Å². The highest BCUT2D eigenvalue weighted by Crippen LogP contribution is 2.76. The van der Waals surface area contributed by atoms with Crippen molar-refractivity contribution in [1.29, 1.82) is 0 Å². The molecular weight excluding hydrogens is 409 g/mol. The summed E-state index contributed by atoms with van der Waals surface area (Å²) in [6, 6.07) is 0. The van der Waals surface area contributed by atoms with Crippen molar-refractivity contribution in [2.24, 2.45) is 11.8 Å². The van der Waals surface area contributed by atoms with Crippen LogP contribution in [-0.4, -0.2) is 40.2 Å². The van der Waals surface area contributed by atoms with Gasteiger partial charge in [0.25, 0.3) is 0 Å². The minimum Gasteiger partial charge on any atom is -0.469 e. The zero-order valence-corrected chi connectivity index (χ0v) is 15.1. The van der Waals surface area contributed by atoms with Gasteiger partial charge >= 0.3 is 11.9 Å². The van der Waals surface area contributed by atoms with Gasteiger partial charge in [-0.25, -0.2) is 0 Å². The zero-order valence-electron chi connectivity index (χ0n) is 10.6. The van der Waals surface area contributed by atoms with Crippen LogP contribution in [0.1, 0.15) is 0 Å². The third-order valence-electron chi connectivity index (χ3n) is 3.85. The molecule has 0 amide bonds. The molecule has 118 valence electrons. The summed E-state index contributed by atoms with van der Waals surface area (Å²) in [5, 5.41) is -0.386. The van der Waals surface area contributed by atoms with Crippen LogP contribution < -0.4 is 0 Å². The smallest absolute Gasteiger partial charge is 0.311 e. The molecule has 0 unspecified atom stereocenters. The maximum Gasteiger partial charge on any atom is 0.311 e. The molecule has 0 saturated heterocycles. The SMILES string of the molecule is COC(=O)[C@@H]1[C@H](C(=O)OC)[C@]2(Cl)C(Cl)=C(Cl)[C@]1(Cl)C2(Cl)Cl. The third kappa shape index (κ3) is 1.78. The first-order valence-corrected chi connectivity index (χ1v) is 7.77. The van der Waals surface area contributed by atoms with Crippen molar-refractivity contribution >= 4 is 81.5 Å². The molecule has 2 rings (SSSR count). The molecule has 21 heavy (non-hydrogen) atoms. The molecule has 2 aliphatic rings. The Bertz CT molecular complexity index is 515. The summed E-state index contributed by atoms with van der Waals surface area (Å²) in [7, 11) is 2.24. The molecule has 0 aliphatic heterocycles. The van der Waals surface area contributed by atoms with Crippen molar-refractivity contribution in [1.82, 2.24) is 0 Å². The Balaban J connectivity index is 2.79. The average molecular weight is 417 g/mol. The molecule has 0 aromatic rings. The second-order valence-electron chi connectivity index (χ2n) is 4.63. The van der Waals surface area contributed by atoms with E-state index >= 15 is 0 Å². The van der Waals surface area contributed by atoms with E-state index in [2.05, 4.69) is 9.47 Å². The molecule has 2 bridgehead atoms. The molecule has 10 heteroatoms. The fourth-order valence-electron chi connectivity index (χ4n) is 2.83. The predicted octanol–water partition coefficient (Wildman–Crippen LogP) is 3.41. The van der Waals surface area contributed by atoms with Gasteiger partial charge in [0.05, 0.1) is 36.1 Å². The van der Waals surface area contributed by atoms with Crippen LogP contribution in [0.5, 0.6) is 0 Å². The van der Waals surface area contributed by atoms with Crippen LogP contribution in [0.4, 0.5) is 0 Å². The first-order chi connectivity index (χ1) is 9.53. The fraction of sp³-hybridized carbons (Fsp3) is 0.636. The van der Waals surface area contributed by atoms with Gasteiger partial charge in [-0.2, -0.15) is 0 Å². The molecule has 2 aliphatic carbocycles. The van der Waals surface area contributed by atoms with Gasteiger partial charge in [0.1, 0.15) is 9.75 Å². The average Bonchev–Trinajstić information content (AvgIpc) is 2.65. The summed E-state index contributed by atoms with van der Waals surface area (Å²) in [5.41, 5.74) is 0. The third-order valence-corrected chi connectivity index (χ3v) is 8.10. The molecule has 0 heterocycles. The summed E-state index contributed by atoms with van der Waals surface area (Å²) in [5.74, 6) is -4.40. The van der Waals surface area contributed by atoms with Crippen LogP contribution >= 0.6 is 69.6 Å². The zero-order chi connectivity index (χ0) is 16.4. The number of hydrogen-bond acceptors (Lipinski definition) is 4. The lowest BCUT2D eigenvalue weighted by molar-refractivity contribution is -0.157. The standard InChI is InChI=1S/C11H8Cl6O4/c1-20-7(18)3-4(8(19)21-2)10(15)6(13)5(12)9(3,14)11(10,16)17/h3-4H,1-2H3/t3-,4+,9-,10-/m0/s1. The number of fused-ring (bicyclic) bond motifs is 2. The van der Waals surface area contributed by atoms with Gasteiger partial charge in [-0.3, -0.25) is 9.59 Å². The van der Waals surface area contributed by atoms with Crippen LogP contribution in [0.2, 0.25) is 0 Å². The quantitative estimate of drug-likeness (QED) is 0.511. The van der Waals surface area contributed by atoms with Crippen LogP contribution in [0, 0.1) is 11.8 Å². The molecule has 1 saturated carbocycles. The number of ether oxygens (including phenoxy) is 2. The van der Waals surface area contributed by atoms with E-state index in [-0.39, 0.29) is 10.1 Å². The topological polar surface area (TPSA) is 52.6 Å². The van der Waals surface area contributed by atoms with Crippen molar-refractivity contribution in [3.8, 4) is 0 Å². The molecule has 0 aromatic heterocycles. The Labute approximate surface area is 150 Å². The lowest BCUT2D eigenvalue weighted by Gasteiger charge is -2.32. The highest BCUT2D eigenvalue weighted by atomic mass is 35.5. The number of allylic oxidation sites excluding steroid dienone is 2. The number of alkyl halides is 4. The van der Waals surface area contributed by atoms with E-state index in [1.807, 2.05) is 0 Å². The molecule has 0 N–H and O–H groups in total. The van der Waals surface area contributed by atoms with Gasteiger partial charge in [-0.05, 0) is 0 Å². The Kier molecular flexibility index (Phi) is 4.41. The van der Waals surface area contributed by atoms with Crippen LogP contribution in [0.25, 0.3) is 0 Å². The number of carbonyl (C=O) groups excluding carboxylic acids is 2. The molecule has 4 atom stereocenters. The molecule has 0 aromatic carbocycles. The highest BCUT2D eigenvalue weighted by molar-refractivity contribution is 6.66. The first kappa shape index (κ1) is 17.8. The number of carbonyl (C=O) groups is 2. The second-order valence-corrected chi connectivity index (χ2v) is 7.90. The van der Waals surface area contributed by atoms with Crippen LogP contribution in [0.3, 0.4) is 0 Å². The summed E-state index contributed by atoms with van der Waals surface area (Å²) < 4.78 is 7.32. The number of halogens is 6.